The molecule has 1 saturated carbocycles. The molecule has 1 N–H and O–H groups in total. The summed E-state index contributed by atoms with van der Waals surface area (Å²) in [5.74, 6) is 0. The summed E-state index contributed by atoms with van der Waals surface area (Å²) in [6.07, 6.45) is 2.15. The Balaban J connectivity index is 1.99. The summed E-state index contributed by atoms with van der Waals surface area (Å²) < 4.78 is 5.46. The Kier molecular flexibility index (Phi) is 3.97. The molecule has 0 spiro atoms. The zero-order chi connectivity index (χ0) is 13.8. The molecule has 1 fully saturated rings. The van der Waals surface area contributed by atoms with Gasteiger partial charge in [-0.15, -0.1) is 0 Å². The van der Waals surface area contributed by atoms with Crippen LogP contribution in [0.3, 0.4) is 0 Å². The summed E-state index contributed by atoms with van der Waals surface area (Å²) in [5, 5.41) is 22.9. The summed E-state index contributed by atoms with van der Waals surface area (Å²) in [4.78, 5) is 10.2. The van der Waals surface area contributed by atoms with E-state index in [0.29, 0.717) is 18.8 Å². The summed E-state index contributed by atoms with van der Waals surface area (Å²) in [7, 11) is 0. The third-order valence-corrected chi connectivity index (χ3v) is 3.18. The number of hydrogen-bond donors (Lipinski definition) is 1. The average molecular weight is 261 g/mol. The van der Waals surface area contributed by atoms with Gasteiger partial charge in [0.15, 0.2) is 0 Å². The van der Waals surface area contributed by atoms with Crippen LogP contribution in [0, 0.1) is 21.4 Å². The normalized spacial score (nSPS) is 21.3. The van der Waals surface area contributed by atoms with Crippen molar-refractivity contribution in [1.82, 2.24) is 0 Å². The van der Waals surface area contributed by atoms with E-state index in [0.717, 1.165) is 18.5 Å². The van der Waals surface area contributed by atoms with Crippen LogP contribution in [0.15, 0.2) is 18.2 Å². The van der Waals surface area contributed by atoms with Crippen molar-refractivity contribution in [3.63, 3.8) is 0 Å². The van der Waals surface area contributed by atoms with E-state index in [9.17, 15) is 10.1 Å². The van der Waals surface area contributed by atoms with Crippen molar-refractivity contribution < 1.29 is 9.66 Å². The van der Waals surface area contributed by atoms with Gasteiger partial charge in [-0.2, -0.15) is 5.26 Å². The molecular weight excluding hydrogens is 246 g/mol. The molecule has 1 aliphatic rings. The topological polar surface area (TPSA) is 88.2 Å². The van der Waals surface area contributed by atoms with Crippen molar-refractivity contribution in [3.8, 4) is 6.07 Å². The van der Waals surface area contributed by atoms with Crippen molar-refractivity contribution in [2.24, 2.45) is 0 Å². The van der Waals surface area contributed by atoms with Gasteiger partial charge < -0.3 is 10.1 Å². The lowest BCUT2D eigenvalue weighted by atomic mass is 9.89. The highest BCUT2D eigenvalue weighted by Crippen LogP contribution is 2.28. The van der Waals surface area contributed by atoms with Crippen LogP contribution in [0.1, 0.15) is 25.3 Å². The molecule has 1 aromatic rings. The molecule has 0 unspecified atom stereocenters. The van der Waals surface area contributed by atoms with Crippen LogP contribution >= 0.6 is 0 Å². The maximum Gasteiger partial charge on any atom is 0.287 e. The van der Waals surface area contributed by atoms with Gasteiger partial charge in [0.05, 0.1) is 11.0 Å². The highest BCUT2D eigenvalue weighted by molar-refractivity contribution is 5.59. The van der Waals surface area contributed by atoms with E-state index in [1.807, 2.05) is 13.0 Å². The lowest BCUT2D eigenvalue weighted by Crippen LogP contribution is -2.40. The Hall–Kier alpha value is -2.13. The van der Waals surface area contributed by atoms with Crippen LogP contribution in [0.2, 0.25) is 0 Å². The molecule has 1 aromatic carbocycles. The Labute approximate surface area is 111 Å². The first-order valence-corrected chi connectivity index (χ1v) is 6.20. The first-order chi connectivity index (χ1) is 9.13. The van der Waals surface area contributed by atoms with E-state index < -0.39 is 4.92 Å². The van der Waals surface area contributed by atoms with Gasteiger partial charge in [-0.3, -0.25) is 10.1 Å². The number of benzene rings is 1. The molecule has 1 aliphatic carbocycles. The van der Waals surface area contributed by atoms with Crippen molar-refractivity contribution in [1.29, 1.82) is 5.26 Å². The van der Waals surface area contributed by atoms with Gasteiger partial charge in [0.1, 0.15) is 11.6 Å². The third-order valence-electron chi connectivity index (χ3n) is 3.18. The molecule has 0 atom stereocenters. The zero-order valence-electron chi connectivity index (χ0n) is 10.6. The maximum absolute atomic E-state index is 10.7. The monoisotopic (exact) mass is 261 g/mol. The molecule has 0 amide bonds. The molecule has 0 aliphatic heterocycles. The molecule has 100 valence electrons. The van der Waals surface area contributed by atoms with Gasteiger partial charge in [-0.1, -0.05) is 0 Å². The molecule has 2 rings (SSSR count). The number of nitrogens with zero attached hydrogens (tertiary/aromatic N) is 2. The Bertz CT molecular complexity index is 518. The van der Waals surface area contributed by atoms with E-state index >= 15 is 0 Å². The molecule has 6 heteroatoms. The van der Waals surface area contributed by atoms with Crippen LogP contribution < -0.4 is 5.32 Å². The van der Waals surface area contributed by atoms with Crippen LogP contribution in [-0.2, 0) is 4.74 Å². The van der Waals surface area contributed by atoms with Crippen LogP contribution in [0.25, 0.3) is 0 Å². The van der Waals surface area contributed by atoms with Gasteiger partial charge >= 0.3 is 0 Å². The zero-order valence-corrected chi connectivity index (χ0v) is 10.6. The Morgan fingerprint density at radius 1 is 1.58 bits per heavy atom. The van der Waals surface area contributed by atoms with Crippen LogP contribution in [-0.4, -0.2) is 23.7 Å². The second-order valence-corrected chi connectivity index (χ2v) is 4.49. The van der Waals surface area contributed by atoms with Gasteiger partial charge in [0.2, 0.25) is 0 Å². The number of nitrogens with one attached hydrogen (secondary N) is 1. The fourth-order valence-electron chi connectivity index (χ4n) is 2.17. The van der Waals surface area contributed by atoms with Crippen molar-refractivity contribution >= 4 is 11.4 Å². The highest BCUT2D eigenvalue weighted by Gasteiger charge is 2.29. The summed E-state index contributed by atoms with van der Waals surface area (Å²) >= 11 is 0. The standard InChI is InChI=1S/C13H15N3O3/c1-2-19-12-6-11(7-12)15-10-3-4-13(16(17)18)9(5-10)8-14/h3-5,11-12,15H,2,6-7H2,1H3. The van der Waals surface area contributed by atoms with Gasteiger partial charge in [-0.25, -0.2) is 0 Å². The molecule has 0 bridgehead atoms. The molecule has 0 saturated heterocycles. The first-order valence-electron chi connectivity index (χ1n) is 6.20. The Morgan fingerprint density at radius 2 is 2.32 bits per heavy atom. The number of nitro benzene ring substituents is 1. The van der Waals surface area contributed by atoms with Crippen molar-refractivity contribution in [2.75, 3.05) is 11.9 Å². The van der Waals surface area contributed by atoms with E-state index in [1.165, 1.54) is 12.1 Å². The van der Waals surface area contributed by atoms with Crippen molar-refractivity contribution in [3.05, 3.63) is 33.9 Å². The highest BCUT2D eigenvalue weighted by atomic mass is 16.6. The van der Waals surface area contributed by atoms with Gasteiger partial charge in [0.25, 0.3) is 5.69 Å². The van der Waals surface area contributed by atoms with Gasteiger partial charge in [-0.05, 0) is 31.9 Å². The lowest BCUT2D eigenvalue weighted by molar-refractivity contribution is -0.385. The molecule has 6 nitrogen and oxygen atoms in total. The first kappa shape index (κ1) is 13.3. The largest absolute Gasteiger partial charge is 0.382 e. The lowest BCUT2D eigenvalue weighted by Gasteiger charge is -2.36. The van der Waals surface area contributed by atoms with Crippen molar-refractivity contribution in [2.45, 2.75) is 31.9 Å². The number of ether oxygens (including phenoxy) is 1. The van der Waals surface area contributed by atoms with Gasteiger partial charge in [0, 0.05) is 24.4 Å². The van der Waals surface area contributed by atoms with Crippen LogP contribution in [0.5, 0.6) is 0 Å². The molecule has 0 aromatic heterocycles. The quantitative estimate of drug-likeness (QED) is 0.649. The summed E-state index contributed by atoms with van der Waals surface area (Å²) in [6, 6.07) is 6.67. The minimum absolute atomic E-state index is 0.0793. The van der Waals surface area contributed by atoms with E-state index in [1.54, 1.807) is 6.07 Å². The maximum atomic E-state index is 10.7. The fraction of sp³-hybridized carbons (Fsp3) is 0.462. The van der Waals surface area contributed by atoms with E-state index in [-0.39, 0.29) is 11.3 Å². The molecular formula is C13H15N3O3. The predicted octanol–water partition coefficient (Wildman–Crippen LogP) is 2.45. The number of nitro groups is 1. The molecule has 19 heavy (non-hydrogen) atoms. The number of nitriles is 1. The second-order valence-electron chi connectivity index (χ2n) is 4.49. The minimum Gasteiger partial charge on any atom is -0.382 e. The van der Waals surface area contributed by atoms with E-state index in [4.69, 9.17) is 10.00 Å². The summed E-state index contributed by atoms with van der Waals surface area (Å²) in [6.45, 7) is 2.68. The second kappa shape index (κ2) is 5.67. The average Bonchev–Trinajstić information content (AvgIpc) is 2.35. The molecule has 0 radical (unpaired) electrons. The Morgan fingerprint density at radius 3 is 2.89 bits per heavy atom. The smallest absolute Gasteiger partial charge is 0.287 e. The predicted molar refractivity (Wildman–Crippen MR) is 69.9 cm³/mol. The fourth-order valence-corrected chi connectivity index (χ4v) is 2.17. The number of rotatable bonds is 5. The SMILES string of the molecule is CCOC1CC(Nc2ccc([N+](=O)[O-])c(C#N)c2)C1. The number of anilines is 1. The number of hydrogen-bond acceptors (Lipinski definition) is 5. The van der Waals surface area contributed by atoms with E-state index in [2.05, 4.69) is 5.32 Å². The molecule has 0 heterocycles. The van der Waals surface area contributed by atoms with Crippen LogP contribution in [0.4, 0.5) is 11.4 Å². The third kappa shape index (κ3) is 3.01. The minimum atomic E-state index is -0.545. The summed E-state index contributed by atoms with van der Waals surface area (Å²) in [5.41, 5.74) is 0.659.